The predicted molar refractivity (Wildman–Crippen MR) is 169 cm³/mol. The van der Waals surface area contributed by atoms with Gasteiger partial charge in [0.1, 0.15) is 11.5 Å². The third-order valence-electron chi connectivity index (χ3n) is 6.04. The maximum absolute atomic E-state index is 13.4. The van der Waals surface area contributed by atoms with E-state index in [1.54, 1.807) is 42.5 Å². The third kappa shape index (κ3) is 9.61. The Morgan fingerprint density at radius 2 is 1.68 bits per heavy atom. The Morgan fingerprint density at radius 1 is 0.932 bits per heavy atom. The quantitative estimate of drug-likeness (QED) is 0.114. The maximum Gasteiger partial charge on any atom is 0.313 e. The van der Waals surface area contributed by atoms with Crippen molar-refractivity contribution in [3.8, 4) is 0 Å². The summed E-state index contributed by atoms with van der Waals surface area (Å²) in [5.74, 6) is -1.82. The number of furan rings is 1. The zero-order valence-corrected chi connectivity index (χ0v) is 26.2. The molecule has 0 aliphatic carbocycles. The third-order valence-corrected chi connectivity index (χ3v) is 8.66. The first-order valence-electron chi connectivity index (χ1n) is 13.1. The molecule has 14 heteroatoms. The number of carbonyl (C=O) groups is 3. The summed E-state index contributed by atoms with van der Waals surface area (Å²) in [7, 11) is -3.98. The van der Waals surface area contributed by atoms with Gasteiger partial charge in [0.15, 0.2) is 0 Å². The van der Waals surface area contributed by atoms with Gasteiger partial charge in [-0.25, -0.2) is 13.8 Å². The van der Waals surface area contributed by atoms with Crippen molar-refractivity contribution in [3.05, 3.63) is 118 Å². The second kappa shape index (κ2) is 15.4. The first kappa shape index (κ1) is 32.6. The van der Waals surface area contributed by atoms with Crippen LogP contribution in [0.25, 0.3) is 0 Å². The first-order chi connectivity index (χ1) is 21.1. The van der Waals surface area contributed by atoms with Gasteiger partial charge in [-0.3, -0.25) is 14.4 Å². The smallest absolute Gasteiger partial charge is 0.313 e. The number of carbonyl (C=O) groups excluding carboxylic acids is 3. The Labute approximate surface area is 267 Å². The Bertz CT molecular complexity index is 1750. The highest BCUT2D eigenvalue weighted by atomic mass is 79.9. The molecule has 0 saturated heterocycles. The molecule has 1 heterocycles. The fourth-order valence-electron chi connectivity index (χ4n) is 3.86. The van der Waals surface area contributed by atoms with Crippen LogP contribution in [0.1, 0.15) is 17.1 Å². The summed E-state index contributed by atoms with van der Waals surface area (Å²) in [4.78, 5) is 37.0. The second-order valence-corrected chi connectivity index (χ2v) is 12.6. The van der Waals surface area contributed by atoms with Gasteiger partial charge in [0.05, 0.1) is 24.2 Å². The van der Waals surface area contributed by atoms with Crippen LogP contribution in [0.4, 0.5) is 5.69 Å². The minimum absolute atomic E-state index is 0.0576. The molecule has 0 spiro atoms. The van der Waals surface area contributed by atoms with Gasteiger partial charge in [0.25, 0.3) is 5.91 Å². The Hall–Kier alpha value is -4.30. The summed E-state index contributed by atoms with van der Waals surface area (Å²) in [5, 5.41) is 9.16. The van der Waals surface area contributed by atoms with Gasteiger partial charge < -0.3 is 15.1 Å². The molecule has 3 N–H and O–H groups in total. The number of halogens is 2. The van der Waals surface area contributed by atoms with Crippen LogP contribution < -0.4 is 16.1 Å². The molecular weight excluding hydrogens is 674 g/mol. The van der Waals surface area contributed by atoms with E-state index in [2.05, 4.69) is 37.1 Å². The van der Waals surface area contributed by atoms with Crippen molar-refractivity contribution in [2.75, 3.05) is 18.4 Å². The summed E-state index contributed by atoms with van der Waals surface area (Å²) >= 11 is 9.18. The highest BCUT2D eigenvalue weighted by Crippen LogP contribution is 2.19. The van der Waals surface area contributed by atoms with Crippen LogP contribution in [0, 0.1) is 0 Å². The molecule has 0 atom stereocenters. The number of sulfonamides is 1. The standard InChI is InChI=1S/C30H27BrClN5O6S/c31-22-9-13-27(14-10-22)44(41,42)37(16-15-21-5-2-1-3-6-21)20-28(38)36-34-19-26-12-11-25(43-26)18-33-29(39)30(40)35-24-8-4-7-23(32)17-24/h1-14,17,19H,15-16,18,20H2,(H,33,39)(H,35,40)(H,36,38)/b34-19-. The fourth-order valence-corrected chi connectivity index (χ4v) is 5.71. The molecule has 4 aromatic rings. The van der Waals surface area contributed by atoms with E-state index in [9.17, 15) is 22.8 Å². The second-order valence-electron chi connectivity index (χ2n) is 9.27. The van der Waals surface area contributed by atoms with E-state index in [1.165, 1.54) is 24.4 Å². The molecule has 228 valence electrons. The number of rotatable bonds is 12. The number of anilines is 1. The number of amides is 3. The van der Waals surface area contributed by atoms with Crippen LogP contribution in [-0.2, 0) is 37.4 Å². The normalized spacial score (nSPS) is 11.4. The molecule has 0 aliphatic heterocycles. The van der Waals surface area contributed by atoms with Gasteiger partial charge in [-0.05, 0) is 66.6 Å². The van der Waals surface area contributed by atoms with Crippen molar-refractivity contribution < 1.29 is 27.2 Å². The van der Waals surface area contributed by atoms with E-state index in [0.717, 1.165) is 14.3 Å². The van der Waals surface area contributed by atoms with Crippen molar-refractivity contribution in [2.45, 2.75) is 17.9 Å². The lowest BCUT2D eigenvalue weighted by Crippen LogP contribution is -2.40. The molecule has 3 amide bonds. The first-order valence-corrected chi connectivity index (χ1v) is 15.8. The SMILES string of the molecule is O=C(CN(CCc1ccccc1)S(=O)(=O)c1ccc(Br)cc1)N/N=C\c1ccc(CNC(=O)C(=O)Nc2cccc(Cl)c2)o1. The minimum Gasteiger partial charge on any atom is -0.458 e. The van der Waals surface area contributed by atoms with Crippen molar-refractivity contribution in [1.82, 2.24) is 15.0 Å². The predicted octanol–water partition coefficient (Wildman–Crippen LogP) is 4.33. The number of hydrogen-bond donors (Lipinski definition) is 3. The van der Waals surface area contributed by atoms with Gasteiger partial charge in [0.2, 0.25) is 10.0 Å². The van der Waals surface area contributed by atoms with E-state index >= 15 is 0 Å². The summed E-state index contributed by atoms with van der Waals surface area (Å²) in [6.45, 7) is -0.467. The Balaban J connectivity index is 1.31. The summed E-state index contributed by atoms with van der Waals surface area (Å²) in [5.41, 5.74) is 3.62. The van der Waals surface area contributed by atoms with Crippen LogP contribution in [-0.4, -0.2) is 49.7 Å². The highest BCUT2D eigenvalue weighted by Gasteiger charge is 2.26. The van der Waals surface area contributed by atoms with Gasteiger partial charge in [0, 0.05) is 21.7 Å². The fraction of sp³-hybridized carbons (Fsp3) is 0.133. The van der Waals surface area contributed by atoms with Crippen molar-refractivity contribution in [1.29, 1.82) is 0 Å². The van der Waals surface area contributed by atoms with Crippen molar-refractivity contribution in [2.24, 2.45) is 5.10 Å². The van der Waals surface area contributed by atoms with Crippen molar-refractivity contribution >= 4 is 67.2 Å². The Kier molecular flexibility index (Phi) is 11.4. The number of nitrogens with one attached hydrogen (secondary N) is 3. The zero-order valence-electron chi connectivity index (χ0n) is 23.1. The molecule has 0 unspecified atom stereocenters. The molecule has 0 fully saturated rings. The average molecular weight is 701 g/mol. The summed E-state index contributed by atoms with van der Waals surface area (Å²) in [6.07, 6.45) is 1.63. The number of hydrazone groups is 1. The maximum atomic E-state index is 13.4. The van der Waals surface area contributed by atoms with Crippen LogP contribution in [0.5, 0.6) is 0 Å². The molecule has 4 rings (SSSR count). The van der Waals surface area contributed by atoms with E-state index < -0.39 is 34.3 Å². The molecule has 11 nitrogen and oxygen atoms in total. The summed E-state index contributed by atoms with van der Waals surface area (Å²) < 4.78 is 34.1. The van der Waals surface area contributed by atoms with E-state index in [0.29, 0.717) is 22.9 Å². The topological polar surface area (TPSA) is 150 Å². The number of hydrogen-bond acceptors (Lipinski definition) is 7. The van der Waals surface area contributed by atoms with E-state index in [4.69, 9.17) is 16.0 Å². The number of nitrogens with zero attached hydrogens (tertiary/aromatic N) is 2. The molecule has 0 aliphatic rings. The average Bonchev–Trinajstić information content (AvgIpc) is 3.46. The summed E-state index contributed by atoms with van der Waals surface area (Å²) in [6, 6.07) is 25.0. The highest BCUT2D eigenvalue weighted by molar-refractivity contribution is 9.10. The Morgan fingerprint density at radius 3 is 2.41 bits per heavy atom. The zero-order chi connectivity index (χ0) is 31.5. The molecular formula is C30H27BrClN5O6S. The van der Waals surface area contributed by atoms with Crippen LogP contribution in [0.15, 0.2) is 110 Å². The minimum atomic E-state index is -3.98. The lowest BCUT2D eigenvalue weighted by Gasteiger charge is -2.21. The van der Waals surface area contributed by atoms with Gasteiger partial charge >= 0.3 is 11.8 Å². The van der Waals surface area contributed by atoms with Crippen LogP contribution in [0.3, 0.4) is 0 Å². The lowest BCUT2D eigenvalue weighted by molar-refractivity contribution is -0.136. The van der Waals surface area contributed by atoms with Crippen molar-refractivity contribution in [3.63, 3.8) is 0 Å². The van der Waals surface area contributed by atoms with E-state index in [1.807, 2.05) is 30.3 Å². The van der Waals surface area contributed by atoms with Gasteiger partial charge in [-0.15, -0.1) is 0 Å². The number of benzene rings is 3. The monoisotopic (exact) mass is 699 g/mol. The molecule has 3 aromatic carbocycles. The van der Waals surface area contributed by atoms with Crippen LogP contribution in [0.2, 0.25) is 5.02 Å². The largest absolute Gasteiger partial charge is 0.458 e. The van der Waals surface area contributed by atoms with E-state index in [-0.39, 0.29) is 23.7 Å². The van der Waals surface area contributed by atoms with Gasteiger partial charge in [-0.1, -0.05) is 63.9 Å². The van der Waals surface area contributed by atoms with Gasteiger partial charge in [-0.2, -0.15) is 9.41 Å². The van der Waals surface area contributed by atoms with Crippen LogP contribution >= 0.6 is 27.5 Å². The molecule has 0 radical (unpaired) electrons. The lowest BCUT2D eigenvalue weighted by atomic mass is 10.1. The molecule has 0 saturated carbocycles. The molecule has 44 heavy (non-hydrogen) atoms. The molecule has 0 bridgehead atoms. The molecule has 1 aromatic heterocycles.